The van der Waals surface area contributed by atoms with Gasteiger partial charge in [-0.25, -0.2) is 8.42 Å². The largest absolute Gasteiger partial charge is 0.384 e. The zero-order chi connectivity index (χ0) is 22.9. The molecule has 0 aromatic heterocycles. The van der Waals surface area contributed by atoms with Crippen LogP contribution in [0, 0.1) is 11.3 Å². The SMILES string of the molecule is CCNc1ccc(S(=O)(=O)N(CC)CC)cc1NCC(=O)Nc1ccc(CC#N)cc1. The molecule has 3 N–H and O–H groups in total. The normalized spacial score (nSPS) is 11.1. The predicted octanol–water partition coefficient (Wildman–Crippen LogP) is 3.27. The molecule has 2 aromatic carbocycles. The van der Waals surface area contributed by atoms with Crippen LogP contribution in [-0.4, -0.2) is 44.8 Å². The second-order valence-electron chi connectivity index (χ2n) is 6.76. The van der Waals surface area contributed by atoms with Gasteiger partial charge in [0.2, 0.25) is 15.9 Å². The highest BCUT2D eigenvalue weighted by atomic mass is 32.2. The van der Waals surface area contributed by atoms with Crippen LogP contribution in [0.2, 0.25) is 0 Å². The van der Waals surface area contributed by atoms with E-state index in [-0.39, 0.29) is 17.3 Å². The zero-order valence-corrected chi connectivity index (χ0v) is 18.9. The summed E-state index contributed by atoms with van der Waals surface area (Å²) in [4.78, 5) is 12.6. The third-order valence-electron chi connectivity index (χ3n) is 4.66. The van der Waals surface area contributed by atoms with Gasteiger partial charge in [0.15, 0.2) is 0 Å². The van der Waals surface area contributed by atoms with Crippen LogP contribution in [0.5, 0.6) is 0 Å². The molecular formula is C22H29N5O3S. The van der Waals surface area contributed by atoms with Gasteiger partial charge < -0.3 is 16.0 Å². The summed E-state index contributed by atoms with van der Waals surface area (Å²) in [6, 6.07) is 14.0. The van der Waals surface area contributed by atoms with Crippen molar-refractivity contribution in [3.63, 3.8) is 0 Å². The van der Waals surface area contributed by atoms with E-state index in [1.807, 2.05) is 6.92 Å². The maximum atomic E-state index is 12.8. The average Bonchev–Trinajstić information content (AvgIpc) is 2.75. The summed E-state index contributed by atoms with van der Waals surface area (Å²) in [6.07, 6.45) is 0.315. The van der Waals surface area contributed by atoms with Gasteiger partial charge >= 0.3 is 0 Å². The summed E-state index contributed by atoms with van der Waals surface area (Å²) in [5.41, 5.74) is 2.75. The number of nitrogens with zero attached hydrogens (tertiary/aromatic N) is 2. The van der Waals surface area contributed by atoms with Crippen molar-refractivity contribution >= 4 is 33.0 Å². The minimum Gasteiger partial charge on any atom is -0.384 e. The van der Waals surface area contributed by atoms with Crippen molar-refractivity contribution in [1.29, 1.82) is 5.26 Å². The number of rotatable bonds is 11. The van der Waals surface area contributed by atoms with Crippen molar-refractivity contribution < 1.29 is 13.2 Å². The van der Waals surface area contributed by atoms with E-state index in [9.17, 15) is 13.2 Å². The average molecular weight is 444 g/mol. The number of anilines is 3. The van der Waals surface area contributed by atoms with E-state index >= 15 is 0 Å². The van der Waals surface area contributed by atoms with Crippen molar-refractivity contribution in [1.82, 2.24) is 4.31 Å². The van der Waals surface area contributed by atoms with Crippen LogP contribution in [-0.2, 0) is 21.2 Å². The van der Waals surface area contributed by atoms with Gasteiger partial charge in [0.1, 0.15) is 0 Å². The molecule has 0 saturated carbocycles. The first-order valence-electron chi connectivity index (χ1n) is 10.2. The van der Waals surface area contributed by atoms with E-state index in [2.05, 4.69) is 22.0 Å². The molecule has 2 rings (SSSR count). The first-order chi connectivity index (χ1) is 14.8. The van der Waals surface area contributed by atoms with Gasteiger partial charge in [-0.1, -0.05) is 26.0 Å². The smallest absolute Gasteiger partial charge is 0.243 e. The quantitative estimate of drug-likeness (QED) is 0.491. The molecule has 0 spiro atoms. The van der Waals surface area contributed by atoms with Gasteiger partial charge in [-0.15, -0.1) is 0 Å². The van der Waals surface area contributed by atoms with Crippen LogP contribution in [0.25, 0.3) is 0 Å². The number of hydrogen-bond acceptors (Lipinski definition) is 6. The molecule has 0 radical (unpaired) electrons. The van der Waals surface area contributed by atoms with E-state index in [0.29, 0.717) is 37.4 Å². The molecule has 1 amide bonds. The molecule has 31 heavy (non-hydrogen) atoms. The molecule has 0 aliphatic heterocycles. The highest BCUT2D eigenvalue weighted by molar-refractivity contribution is 7.89. The summed E-state index contributed by atoms with van der Waals surface area (Å²) < 4.78 is 27.1. The Morgan fingerprint density at radius 1 is 1.00 bits per heavy atom. The van der Waals surface area contributed by atoms with Crippen molar-refractivity contribution in [2.45, 2.75) is 32.1 Å². The van der Waals surface area contributed by atoms with E-state index in [0.717, 1.165) is 11.3 Å². The number of benzene rings is 2. The van der Waals surface area contributed by atoms with Crippen molar-refractivity contribution in [2.75, 3.05) is 42.1 Å². The summed E-state index contributed by atoms with van der Waals surface area (Å²) in [5, 5.41) is 17.7. The Morgan fingerprint density at radius 3 is 2.26 bits per heavy atom. The molecule has 0 aliphatic carbocycles. The number of carbonyl (C=O) groups is 1. The standard InChI is InChI=1S/C22H29N5O3S/c1-4-24-20-12-11-19(31(29,30)27(5-2)6-3)15-21(20)25-16-22(28)26-18-9-7-17(8-10-18)13-14-23/h7-12,15,24-25H,4-6,13,16H2,1-3H3,(H,26,28). The van der Waals surface area contributed by atoms with Crippen molar-refractivity contribution in [3.05, 3.63) is 48.0 Å². The Kier molecular flexibility index (Phi) is 8.85. The molecule has 0 heterocycles. The Labute approximate surface area is 184 Å². The monoisotopic (exact) mass is 443 g/mol. The second-order valence-corrected chi connectivity index (χ2v) is 8.70. The lowest BCUT2D eigenvalue weighted by molar-refractivity contribution is -0.114. The molecule has 0 fully saturated rings. The first-order valence-corrected chi connectivity index (χ1v) is 11.7. The third kappa shape index (κ3) is 6.44. The van der Waals surface area contributed by atoms with E-state index in [1.54, 1.807) is 56.3 Å². The highest BCUT2D eigenvalue weighted by Gasteiger charge is 2.22. The molecule has 8 nitrogen and oxygen atoms in total. The Hall–Kier alpha value is -3.09. The maximum absolute atomic E-state index is 12.8. The number of nitrogens with one attached hydrogen (secondary N) is 3. The number of sulfonamides is 1. The van der Waals surface area contributed by atoms with Crippen LogP contribution in [0.1, 0.15) is 26.3 Å². The minimum absolute atomic E-state index is 0.0346. The summed E-state index contributed by atoms with van der Waals surface area (Å²) in [6.45, 7) is 6.91. The molecular weight excluding hydrogens is 414 g/mol. The highest BCUT2D eigenvalue weighted by Crippen LogP contribution is 2.27. The molecule has 9 heteroatoms. The first kappa shape index (κ1) is 24.2. The summed E-state index contributed by atoms with van der Waals surface area (Å²) in [7, 11) is -3.61. The number of amides is 1. The molecule has 0 unspecified atom stereocenters. The van der Waals surface area contributed by atoms with Gasteiger partial charge in [-0.05, 0) is 42.8 Å². The van der Waals surface area contributed by atoms with Crippen LogP contribution in [0.3, 0.4) is 0 Å². The molecule has 0 bridgehead atoms. The van der Waals surface area contributed by atoms with Gasteiger partial charge in [0.05, 0.1) is 35.3 Å². The van der Waals surface area contributed by atoms with E-state index < -0.39 is 10.0 Å². The van der Waals surface area contributed by atoms with Gasteiger partial charge in [-0.2, -0.15) is 9.57 Å². The molecule has 0 atom stereocenters. The van der Waals surface area contributed by atoms with Gasteiger partial charge in [0, 0.05) is 25.3 Å². The van der Waals surface area contributed by atoms with Crippen LogP contribution < -0.4 is 16.0 Å². The second kappa shape index (κ2) is 11.3. The van der Waals surface area contributed by atoms with Crippen molar-refractivity contribution in [3.8, 4) is 6.07 Å². The summed E-state index contributed by atoms with van der Waals surface area (Å²) >= 11 is 0. The number of hydrogen-bond donors (Lipinski definition) is 3. The van der Waals surface area contributed by atoms with Crippen LogP contribution in [0.4, 0.5) is 17.1 Å². The predicted molar refractivity (Wildman–Crippen MR) is 124 cm³/mol. The lowest BCUT2D eigenvalue weighted by Crippen LogP contribution is -2.30. The molecule has 166 valence electrons. The van der Waals surface area contributed by atoms with Crippen LogP contribution in [0.15, 0.2) is 47.4 Å². The number of nitriles is 1. The van der Waals surface area contributed by atoms with E-state index in [1.165, 1.54) is 4.31 Å². The molecule has 0 saturated heterocycles. The number of carbonyl (C=O) groups excluding carboxylic acids is 1. The molecule has 2 aromatic rings. The third-order valence-corrected chi connectivity index (χ3v) is 6.71. The van der Waals surface area contributed by atoms with E-state index in [4.69, 9.17) is 5.26 Å². The van der Waals surface area contributed by atoms with Crippen molar-refractivity contribution in [2.24, 2.45) is 0 Å². The Bertz CT molecular complexity index is 1030. The Balaban J connectivity index is 2.15. The minimum atomic E-state index is -3.61. The lowest BCUT2D eigenvalue weighted by atomic mass is 10.1. The zero-order valence-electron chi connectivity index (χ0n) is 18.1. The van der Waals surface area contributed by atoms with Crippen LogP contribution >= 0.6 is 0 Å². The van der Waals surface area contributed by atoms with Gasteiger partial charge in [-0.3, -0.25) is 4.79 Å². The Morgan fingerprint density at radius 2 is 1.68 bits per heavy atom. The fourth-order valence-electron chi connectivity index (χ4n) is 3.07. The van der Waals surface area contributed by atoms with Gasteiger partial charge in [0.25, 0.3) is 0 Å². The topological polar surface area (TPSA) is 114 Å². The fourth-order valence-corrected chi connectivity index (χ4v) is 4.55. The molecule has 0 aliphatic rings. The fraction of sp³-hybridized carbons (Fsp3) is 0.364. The lowest BCUT2D eigenvalue weighted by Gasteiger charge is -2.20. The summed E-state index contributed by atoms with van der Waals surface area (Å²) in [5.74, 6) is -0.271. The maximum Gasteiger partial charge on any atom is 0.243 e.